The smallest absolute Gasteiger partial charge is 0.143 e. The fourth-order valence-electron chi connectivity index (χ4n) is 1.98. The molecule has 0 saturated carbocycles. The predicted octanol–water partition coefficient (Wildman–Crippen LogP) is 4.46. The van der Waals surface area contributed by atoms with E-state index < -0.39 is 0 Å². The molecule has 2 rings (SSSR count). The topological polar surface area (TPSA) is 37.8 Å². The van der Waals surface area contributed by atoms with Gasteiger partial charge in [0.15, 0.2) is 0 Å². The largest absolute Gasteiger partial charge is 0.369 e. The van der Waals surface area contributed by atoms with Crippen molar-refractivity contribution in [3.63, 3.8) is 0 Å². The lowest BCUT2D eigenvalue weighted by Gasteiger charge is -2.12. The number of anilines is 1. The normalized spacial score (nSPS) is 10.7. The third-order valence-electron chi connectivity index (χ3n) is 3.01. The lowest BCUT2D eigenvalue weighted by atomic mass is 10.1. The number of hydrogen-bond acceptors (Lipinski definition) is 3. The van der Waals surface area contributed by atoms with Crippen LogP contribution >= 0.6 is 34.2 Å². The summed E-state index contributed by atoms with van der Waals surface area (Å²) in [6, 6.07) is 4.40. The molecule has 0 radical (unpaired) electrons. The van der Waals surface area contributed by atoms with Crippen molar-refractivity contribution in [2.24, 2.45) is 0 Å². The maximum absolute atomic E-state index is 13.1. The Bertz CT molecular complexity index is 649. The lowest BCUT2D eigenvalue weighted by molar-refractivity contribution is 0.627. The molecule has 0 aliphatic rings. The van der Waals surface area contributed by atoms with Crippen LogP contribution in [0.25, 0.3) is 0 Å². The first kappa shape index (κ1) is 16.4. The Morgan fingerprint density at radius 2 is 2.05 bits per heavy atom. The van der Waals surface area contributed by atoms with Crippen LogP contribution in [-0.4, -0.2) is 16.5 Å². The van der Waals surface area contributed by atoms with Crippen molar-refractivity contribution in [2.75, 3.05) is 11.9 Å². The van der Waals surface area contributed by atoms with Crippen LogP contribution in [0.4, 0.5) is 10.2 Å². The number of rotatable bonds is 5. The van der Waals surface area contributed by atoms with Crippen LogP contribution in [0.15, 0.2) is 18.2 Å². The molecule has 3 nitrogen and oxygen atoms in total. The predicted molar refractivity (Wildman–Crippen MR) is 92.5 cm³/mol. The second kappa shape index (κ2) is 7.35. The Kier molecular flexibility index (Phi) is 5.75. The third-order valence-corrected chi connectivity index (χ3v) is 4.49. The first-order chi connectivity index (χ1) is 10.0. The molecule has 1 aromatic heterocycles. The van der Waals surface area contributed by atoms with E-state index >= 15 is 0 Å². The summed E-state index contributed by atoms with van der Waals surface area (Å²) >= 11 is 8.33. The molecule has 6 heteroatoms. The van der Waals surface area contributed by atoms with Crippen molar-refractivity contribution >= 4 is 40.0 Å². The number of nitrogens with zero attached hydrogens (tertiary/aromatic N) is 2. The zero-order valence-electron chi connectivity index (χ0n) is 11.9. The molecule has 0 aliphatic heterocycles. The second-order valence-electron chi connectivity index (χ2n) is 4.55. The molecule has 0 atom stereocenters. The average molecular weight is 420 g/mol. The molecule has 2 aromatic rings. The molecule has 1 N–H and O–H groups in total. The van der Waals surface area contributed by atoms with Gasteiger partial charge in [0.25, 0.3) is 0 Å². The molecule has 0 fully saturated rings. The Morgan fingerprint density at radius 1 is 1.29 bits per heavy atom. The summed E-state index contributed by atoms with van der Waals surface area (Å²) in [6.45, 7) is 4.89. The van der Waals surface area contributed by atoms with Crippen molar-refractivity contribution in [3.05, 3.63) is 49.7 Å². The van der Waals surface area contributed by atoms with Gasteiger partial charge in [-0.1, -0.05) is 24.6 Å². The summed E-state index contributed by atoms with van der Waals surface area (Å²) < 4.78 is 14.1. The van der Waals surface area contributed by atoms with Gasteiger partial charge in [0.05, 0.1) is 9.26 Å². The summed E-state index contributed by atoms with van der Waals surface area (Å²) in [5.74, 6) is 1.20. The minimum Gasteiger partial charge on any atom is -0.369 e. The number of nitrogens with one attached hydrogen (secondary N) is 1. The van der Waals surface area contributed by atoms with E-state index in [0.717, 1.165) is 33.6 Å². The van der Waals surface area contributed by atoms with Gasteiger partial charge >= 0.3 is 0 Å². The van der Waals surface area contributed by atoms with Crippen LogP contribution in [-0.2, 0) is 12.8 Å². The zero-order valence-corrected chi connectivity index (χ0v) is 14.8. The zero-order chi connectivity index (χ0) is 15.4. The summed E-state index contributed by atoms with van der Waals surface area (Å²) in [7, 11) is 0. The Morgan fingerprint density at radius 3 is 2.67 bits per heavy atom. The average Bonchev–Trinajstić information content (AvgIpc) is 2.45. The molecule has 21 heavy (non-hydrogen) atoms. The van der Waals surface area contributed by atoms with Crippen LogP contribution in [0.3, 0.4) is 0 Å². The van der Waals surface area contributed by atoms with E-state index in [4.69, 9.17) is 11.6 Å². The first-order valence-corrected chi connectivity index (χ1v) is 8.23. The fourth-order valence-corrected chi connectivity index (χ4v) is 3.03. The molecule has 0 aliphatic carbocycles. The highest BCUT2D eigenvalue weighted by Crippen LogP contribution is 2.23. The highest BCUT2D eigenvalue weighted by atomic mass is 127. The molecule has 0 saturated heterocycles. The van der Waals surface area contributed by atoms with Crippen molar-refractivity contribution in [1.29, 1.82) is 0 Å². The van der Waals surface area contributed by atoms with Gasteiger partial charge in [0.2, 0.25) is 0 Å². The number of aromatic nitrogens is 2. The SMILES string of the molecule is CCNc1nc(Cc2ccc(F)cc2Cl)nc(CC)c1I. The van der Waals surface area contributed by atoms with Gasteiger partial charge in [-0.3, -0.25) is 0 Å². The molecule has 0 amide bonds. The molecule has 1 aromatic carbocycles. The minimum absolute atomic E-state index is 0.338. The van der Waals surface area contributed by atoms with Crippen LogP contribution in [0.1, 0.15) is 30.9 Å². The standard InChI is InChI=1S/C15H16ClFIN3/c1-3-12-14(18)15(19-4-2)21-13(20-12)7-9-5-6-10(17)8-11(9)16/h5-6,8H,3-4,7H2,1-2H3,(H,19,20,21). The summed E-state index contributed by atoms with van der Waals surface area (Å²) in [5, 5.41) is 3.65. The molecular formula is C15H16ClFIN3. The van der Waals surface area contributed by atoms with E-state index in [0.29, 0.717) is 17.3 Å². The number of aryl methyl sites for hydroxylation is 1. The van der Waals surface area contributed by atoms with E-state index in [1.807, 2.05) is 6.92 Å². The summed E-state index contributed by atoms with van der Waals surface area (Å²) in [4.78, 5) is 9.13. The summed E-state index contributed by atoms with van der Waals surface area (Å²) in [5.41, 5.74) is 1.83. The van der Waals surface area contributed by atoms with Crippen molar-refractivity contribution in [3.8, 4) is 0 Å². The molecule has 0 spiro atoms. The van der Waals surface area contributed by atoms with E-state index in [-0.39, 0.29) is 5.82 Å². The lowest BCUT2D eigenvalue weighted by Crippen LogP contribution is -2.10. The number of hydrogen-bond donors (Lipinski definition) is 1. The van der Waals surface area contributed by atoms with Gasteiger partial charge in [-0.2, -0.15) is 0 Å². The Labute approximate surface area is 142 Å². The van der Waals surface area contributed by atoms with Crippen molar-refractivity contribution < 1.29 is 4.39 Å². The van der Waals surface area contributed by atoms with Gasteiger partial charge in [0, 0.05) is 18.0 Å². The van der Waals surface area contributed by atoms with E-state index in [9.17, 15) is 4.39 Å². The highest BCUT2D eigenvalue weighted by Gasteiger charge is 2.12. The van der Waals surface area contributed by atoms with Crippen molar-refractivity contribution in [2.45, 2.75) is 26.7 Å². The van der Waals surface area contributed by atoms with Gasteiger partial charge in [-0.05, 0) is 53.6 Å². The minimum atomic E-state index is -0.338. The van der Waals surface area contributed by atoms with Gasteiger partial charge in [0.1, 0.15) is 17.5 Å². The Balaban J connectivity index is 2.37. The van der Waals surface area contributed by atoms with Crippen molar-refractivity contribution in [1.82, 2.24) is 9.97 Å². The molecule has 112 valence electrons. The molecular weight excluding hydrogens is 404 g/mol. The second-order valence-corrected chi connectivity index (χ2v) is 6.03. The monoisotopic (exact) mass is 419 g/mol. The van der Waals surface area contributed by atoms with Gasteiger partial charge in [-0.25, -0.2) is 14.4 Å². The first-order valence-electron chi connectivity index (χ1n) is 6.78. The van der Waals surface area contributed by atoms with Crippen LogP contribution < -0.4 is 5.32 Å². The van der Waals surface area contributed by atoms with E-state index in [1.54, 1.807) is 6.07 Å². The molecule has 0 bridgehead atoms. The maximum atomic E-state index is 13.1. The quantitative estimate of drug-likeness (QED) is 0.727. The summed E-state index contributed by atoms with van der Waals surface area (Å²) in [6.07, 6.45) is 1.32. The van der Waals surface area contributed by atoms with Gasteiger partial charge in [-0.15, -0.1) is 0 Å². The van der Waals surface area contributed by atoms with Crippen LogP contribution in [0.5, 0.6) is 0 Å². The van der Waals surface area contributed by atoms with Crippen LogP contribution in [0, 0.1) is 9.39 Å². The number of halogens is 3. The van der Waals surface area contributed by atoms with E-state index in [1.165, 1.54) is 12.1 Å². The van der Waals surface area contributed by atoms with E-state index in [2.05, 4.69) is 44.8 Å². The van der Waals surface area contributed by atoms with Crippen LogP contribution in [0.2, 0.25) is 5.02 Å². The maximum Gasteiger partial charge on any atom is 0.143 e. The highest BCUT2D eigenvalue weighted by molar-refractivity contribution is 14.1. The third kappa shape index (κ3) is 4.03. The Hall–Kier alpha value is -0.950. The molecule has 0 unspecified atom stereocenters. The fraction of sp³-hybridized carbons (Fsp3) is 0.333. The molecule has 1 heterocycles. The van der Waals surface area contributed by atoms with Gasteiger partial charge < -0.3 is 5.32 Å². The number of benzene rings is 1.